The van der Waals surface area contributed by atoms with Gasteiger partial charge in [-0.05, 0) is 60.2 Å². The summed E-state index contributed by atoms with van der Waals surface area (Å²) in [5.74, 6) is -0.219. The first kappa shape index (κ1) is 15.2. The molecule has 0 radical (unpaired) electrons. The molecule has 1 amide bonds. The van der Waals surface area contributed by atoms with E-state index in [1.54, 1.807) is 25.1 Å². The third kappa shape index (κ3) is 3.46. The molecule has 1 aromatic heterocycles. The van der Waals surface area contributed by atoms with Crippen LogP contribution in [0.15, 0.2) is 24.3 Å². The van der Waals surface area contributed by atoms with Gasteiger partial charge in [-0.2, -0.15) is 10.2 Å². The molecular formula is C14H13ClIN3O. The van der Waals surface area contributed by atoms with E-state index < -0.39 is 0 Å². The van der Waals surface area contributed by atoms with Crippen molar-refractivity contribution in [2.45, 2.75) is 20.3 Å². The Hall–Kier alpha value is -1.21. The van der Waals surface area contributed by atoms with E-state index in [2.05, 4.69) is 38.1 Å². The number of nitrogens with zero attached hydrogens (tertiary/aromatic N) is 2. The third-order valence-corrected chi connectivity index (χ3v) is 3.74. The third-order valence-electron chi connectivity index (χ3n) is 2.75. The first-order chi connectivity index (χ1) is 9.51. The average Bonchev–Trinajstić information content (AvgIpc) is 2.41. The number of carbonyl (C=O) groups is 1. The lowest BCUT2D eigenvalue weighted by atomic mass is 10.1. The van der Waals surface area contributed by atoms with Crippen molar-refractivity contribution in [2.24, 2.45) is 0 Å². The second-order valence-electron chi connectivity index (χ2n) is 4.28. The molecule has 0 aliphatic heterocycles. The van der Waals surface area contributed by atoms with Crippen LogP contribution >= 0.6 is 34.2 Å². The lowest BCUT2D eigenvalue weighted by Gasteiger charge is -2.10. The molecule has 6 heteroatoms. The largest absolute Gasteiger partial charge is 0.321 e. The summed E-state index contributed by atoms with van der Waals surface area (Å²) in [7, 11) is 0. The quantitative estimate of drug-likeness (QED) is 0.795. The highest BCUT2D eigenvalue weighted by atomic mass is 127. The summed E-state index contributed by atoms with van der Waals surface area (Å²) in [5.41, 5.74) is 2.51. The number of benzene rings is 1. The number of rotatable bonds is 3. The van der Waals surface area contributed by atoms with Gasteiger partial charge in [0.1, 0.15) is 0 Å². The fourth-order valence-electron chi connectivity index (χ4n) is 1.75. The van der Waals surface area contributed by atoms with Gasteiger partial charge in [0, 0.05) is 3.57 Å². The summed E-state index contributed by atoms with van der Waals surface area (Å²) >= 11 is 8.29. The molecule has 104 valence electrons. The monoisotopic (exact) mass is 401 g/mol. The molecule has 0 saturated heterocycles. The van der Waals surface area contributed by atoms with Gasteiger partial charge in [0.15, 0.2) is 0 Å². The van der Waals surface area contributed by atoms with Crippen LogP contribution in [0.2, 0.25) is 5.02 Å². The molecule has 0 saturated carbocycles. The maximum atomic E-state index is 12.3. The van der Waals surface area contributed by atoms with Gasteiger partial charge < -0.3 is 5.32 Å². The summed E-state index contributed by atoms with van der Waals surface area (Å²) in [4.78, 5) is 12.3. The summed E-state index contributed by atoms with van der Waals surface area (Å²) in [6.07, 6.45) is 0.649. The van der Waals surface area contributed by atoms with Gasteiger partial charge in [-0.3, -0.25) is 4.79 Å². The van der Waals surface area contributed by atoms with Crippen molar-refractivity contribution in [3.8, 4) is 0 Å². The highest BCUT2D eigenvalue weighted by Gasteiger charge is 2.14. The number of nitrogens with one attached hydrogen (secondary N) is 1. The molecular weight excluding hydrogens is 389 g/mol. The fraction of sp³-hybridized carbons (Fsp3) is 0.214. The maximum Gasteiger partial charge on any atom is 0.257 e. The predicted molar refractivity (Wildman–Crippen MR) is 88.3 cm³/mol. The second kappa shape index (κ2) is 6.49. The lowest BCUT2D eigenvalue weighted by molar-refractivity contribution is 0.102. The summed E-state index contributed by atoms with van der Waals surface area (Å²) < 4.78 is 1.02. The first-order valence-electron chi connectivity index (χ1n) is 6.11. The molecule has 0 fully saturated rings. The number of aryl methyl sites for hydroxylation is 2. The van der Waals surface area contributed by atoms with Crippen molar-refractivity contribution < 1.29 is 4.79 Å². The molecule has 0 bridgehead atoms. The summed E-state index contributed by atoms with van der Waals surface area (Å²) in [6.45, 7) is 3.75. The van der Waals surface area contributed by atoms with Gasteiger partial charge in [0.25, 0.3) is 5.91 Å². The number of hydrogen-bond acceptors (Lipinski definition) is 3. The molecule has 2 rings (SSSR count). The molecule has 1 aromatic carbocycles. The van der Waals surface area contributed by atoms with Crippen molar-refractivity contribution in [3.63, 3.8) is 0 Å². The van der Waals surface area contributed by atoms with Crippen LogP contribution in [-0.4, -0.2) is 16.1 Å². The normalized spacial score (nSPS) is 10.4. The zero-order chi connectivity index (χ0) is 14.7. The minimum Gasteiger partial charge on any atom is -0.321 e. The van der Waals surface area contributed by atoms with Crippen LogP contribution in [0, 0.1) is 10.5 Å². The van der Waals surface area contributed by atoms with Crippen LogP contribution in [0.25, 0.3) is 0 Å². The Balaban J connectivity index is 2.30. The molecule has 2 aromatic rings. The van der Waals surface area contributed by atoms with Crippen molar-refractivity contribution >= 4 is 45.8 Å². The fourth-order valence-corrected chi connectivity index (χ4v) is 2.66. The number of carbonyl (C=O) groups excluding carboxylic acids is 1. The van der Waals surface area contributed by atoms with E-state index in [1.807, 2.05) is 13.0 Å². The van der Waals surface area contributed by atoms with Crippen molar-refractivity contribution in [2.75, 3.05) is 5.32 Å². The van der Waals surface area contributed by atoms with Gasteiger partial charge in [-0.1, -0.05) is 18.5 Å². The Morgan fingerprint density at radius 1 is 1.35 bits per heavy atom. The molecule has 0 aliphatic rings. The minimum atomic E-state index is -0.219. The molecule has 20 heavy (non-hydrogen) atoms. The van der Waals surface area contributed by atoms with Crippen LogP contribution in [0.3, 0.4) is 0 Å². The Kier molecular flexibility index (Phi) is 4.93. The second-order valence-corrected chi connectivity index (χ2v) is 5.93. The zero-order valence-electron chi connectivity index (χ0n) is 11.1. The minimum absolute atomic E-state index is 0.219. The van der Waals surface area contributed by atoms with Gasteiger partial charge >= 0.3 is 0 Å². The SMILES string of the molecule is CCc1nnc(C)cc1C(=O)Nc1ccc(I)cc1Cl. The van der Waals surface area contributed by atoms with Gasteiger partial charge in [0.05, 0.1) is 27.7 Å². The van der Waals surface area contributed by atoms with Crippen LogP contribution in [0.1, 0.15) is 28.7 Å². The van der Waals surface area contributed by atoms with E-state index in [1.165, 1.54) is 0 Å². The molecule has 0 aliphatic carbocycles. The van der Waals surface area contributed by atoms with Gasteiger partial charge in [0.2, 0.25) is 0 Å². The van der Waals surface area contributed by atoms with Crippen molar-refractivity contribution in [1.29, 1.82) is 0 Å². The van der Waals surface area contributed by atoms with Crippen molar-refractivity contribution in [3.05, 3.63) is 49.8 Å². The molecule has 1 N–H and O–H groups in total. The molecule has 0 atom stereocenters. The number of amides is 1. The lowest BCUT2D eigenvalue weighted by Crippen LogP contribution is -2.16. The van der Waals surface area contributed by atoms with Crippen LogP contribution in [-0.2, 0) is 6.42 Å². The summed E-state index contributed by atoms with van der Waals surface area (Å²) in [6, 6.07) is 7.21. The van der Waals surface area contributed by atoms with Crippen molar-refractivity contribution in [1.82, 2.24) is 10.2 Å². The van der Waals surface area contributed by atoms with E-state index in [-0.39, 0.29) is 5.91 Å². The number of halogens is 2. The topological polar surface area (TPSA) is 54.9 Å². The molecule has 0 unspecified atom stereocenters. The smallest absolute Gasteiger partial charge is 0.257 e. The molecule has 0 spiro atoms. The van der Waals surface area contributed by atoms with E-state index in [4.69, 9.17) is 11.6 Å². The predicted octanol–water partition coefficient (Wildman–Crippen LogP) is 3.86. The van der Waals surface area contributed by atoms with Gasteiger partial charge in [-0.25, -0.2) is 0 Å². The zero-order valence-corrected chi connectivity index (χ0v) is 14.0. The number of anilines is 1. The summed E-state index contributed by atoms with van der Waals surface area (Å²) in [5, 5.41) is 11.4. The van der Waals surface area contributed by atoms with Gasteiger partial charge in [-0.15, -0.1) is 0 Å². The Morgan fingerprint density at radius 3 is 2.75 bits per heavy atom. The number of aromatic nitrogens is 2. The van der Waals surface area contributed by atoms with E-state index in [0.717, 1.165) is 3.57 Å². The standard InChI is InChI=1S/C14H13ClIN3O/c1-3-12-10(6-8(2)18-19-12)14(20)17-13-5-4-9(16)7-11(13)15/h4-7H,3H2,1-2H3,(H,17,20). The van der Waals surface area contributed by atoms with Crippen LogP contribution in [0.5, 0.6) is 0 Å². The first-order valence-corrected chi connectivity index (χ1v) is 7.56. The highest BCUT2D eigenvalue weighted by molar-refractivity contribution is 14.1. The Morgan fingerprint density at radius 2 is 2.10 bits per heavy atom. The van der Waals surface area contributed by atoms with E-state index in [9.17, 15) is 4.79 Å². The molecule has 1 heterocycles. The average molecular weight is 402 g/mol. The van der Waals surface area contributed by atoms with Crippen LogP contribution < -0.4 is 5.32 Å². The number of hydrogen-bond donors (Lipinski definition) is 1. The van der Waals surface area contributed by atoms with E-state index in [0.29, 0.717) is 34.1 Å². The Labute approximate surface area is 136 Å². The molecule has 4 nitrogen and oxygen atoms in total. The highest BCUT2D eigenvalue weighted by Crippen LogP contribution is 2.24. The maximum absolute atomic E-state index is 12.3. The Bertz CT molecular complexity index is 661. The van der Waals surface area contributed by atoms with Crippen LogP contribution in [0.4, 0.5) is 5.69 Å². The van der Waals surface area contributed by atoms with E-state index >= 15 is 0 Å².